The Bertz CT molecular complexity index is 803. The van der Waals surface area contributed by atoms with Crippen molar-refractivity contribution in [1.29, 1.82) is 0 Å². The Morgan fingerprint density at radius 1 is 1.40 bits per heavy atom. The van der Waals surface area contributed by atoms with E-state index in [0.717, 1.165) is 23.4 Å². The van der Waals surface area contributed by atoms with Gasteiger partial charge >= 0.3 is 5.97 Å². The van der Waals surface area contributed by atoms with Crippen LogP contribution in [0.4, 0.5) is 10.8 Å². The zero-order valence-corrected chi connectivity index (χ0v) is 15.4. The Hall–Kier alpha value is -2.41. The van der Waals surface area contributed by atoms with Crippen LogP contribution in [0.1, 0.15) is 34.8 Å². The maximum absolute atomic E-state index is 12.4. The fourth-order valence-electron chi connectivity index (χ4n) is 3.02. The van der Waals surface area contributed by atoms with Crippen LogP contribution in [0.3, 0.4) is 0 Å². The summed E-state index contributed by atoms with van der Waals surface area (Å²) in [7, 11) is 0. The first-order valence-electron chi connectivity index (χ1n) is 8.28. The molecule has 1 aliphatic rings. The minimum absolute atomic E-state index is 0.146. The normalized spacial score (nSPS) is 15.8. The summed E-state index contributed by atoms with van der Waals surface area (Å²) in [6, 6.07) is 8.41. The smallest absolute Gasteiger partial charge is 0.350 e. The Labute approximate surface area is 150 Å². The molecule has 1 aliphatic heterocycles. The number of esters is 1. The van der Waals surface area contributed by atoms with E-state index in [1.165, 1.54) is 5.56 Å². The maximum atomic E-state index is 12.4. The molecule has 2 aromatic rings. The fraction of sp³-hybridized carbons (Fsp3) is 0.389. The van der Waals surface area contributed by atoms with Gasteiger partial charge in [-0.1, -0.05) is 29.5 Å². The van der Waals surface area contributed by atoms with E-state index in [4.69, 9.17) is 4.74 Å². The molecule has 7 heteroatoms. The van der Waals surface area contributed by atoms with Crippen molar-refractivity contribution in [2.45, 2.75) is 33.2 Å². The maximum Gasteiger partial charge on any atom is 0.350 e. The molecule has 1 N–H and O–H groups in total. The van der Waals surface area contributed by atoms with Gasteiger partial charge in [0.15, 0.2) is 5.13 Å². The number of ether oxygens (including phenoxy) is 1. The highest BCUT2D eigenvalue weighted by molar-refractivity contribution is 7.17. The number of nitrogens with one attached hydrogen (secondary N) is 1. The Balaban J connectivity index is 1.67. The number of thiazole rings is 1. The number of carbonyl (C=O) groups excluding carboxylic acids is 2. The highest BCUT2D eigenvalue weighted by atomic mass is 32.1. The first-order valence-corrected chi connectivity index (χ1v) is 9.10. The van der Waals surface area contributed by atoms with Crippen LogP contribution in [0.5, 0.6) is 0 Å². The van der Waals surface area contributed by atoms with Crippen molar-refractivity contribution in [2.24, 2.45) is 0 Å². The molecule has 0 radical (unpaired) electrons. The van der Waals surface area contributed by atoms with Gasteiger partial charge in [0.2, 0.25) is 5.91 Å². The van der Waals surface area contributed by atoms with Gasteiger partial charge in [0.1, 0.15) is 4.88 Å². The number of amides is 1. The molecule has 1 aromatic heterocycles. The third-order valence-electron chi connectivity index (χ3n) is 4.17. The summed E-state index contributed by atoms with van der Waals surface area (Å²) in [5.41, 5.74) is 2.93. The molecule has 0 saturated carbocycles. The van der Waals surface area contributed by atoms with E-state index < -0.39 is 5.97 Å². The van der Waals surface area contributed by atoms with Gasteiger partial charge < -0.3 is 15.0 Å². The zero-order chi connectivity index (χ0) is 18.0. The molecule has 1 unspecified atom stereocenters. The van der Waals surface area contributed by atoms with Gasteiger partial charge in [0, 0.05) is 11.7 Å². The van der Waals surface area contributed by atoms with Crippen LogP contribution in [-0.2, 0) is 16.0 Å². The van der Waals surface area contributed by atoms with Crippen molar-refractivity contribution in [3.05, 3.63) is 40.4 Å². The van der Waals surface area contributed by atoms with Gasteiger partial charge in [0.25, 0.3) is 0 Å². The minimum Gasteiger partial charge on any atom is -0.462 e. The van der Waals surface area contributed by atoms with Gasteiger partial charge in [0.05, 0.1) is 18.8 Å². The van der Waals surface area contributed by atoms with Crippen molar-refractivity contribution in [3.8, 4) is 0 Å². The molecule has 25 heavy (non-hydrogen) atoms. The summed E-state index contributed by atoms with van der Waals surface area (Å²) >= 11 is 1.14. The van der Waals surface area contributed by atoms with Crippen LogP contribution < -0.4 is 10.2 Å². The van der Waals surface area contributed by atoms with Crippen molar-refractivity contribution < 1.29 is 14.3 Å². The highest BCUT2D eigenvalue weighted by Crippen LogP contribution is 2.31. The lowest BCUT2D eigenvalue weighted by Gasteiger charge is -2.23. The molecular weight excluding hydrogens is 338 g/mol. The standard InChI is InChI=1S/C18H21N3O3S/c1-4-24-17(23)16-12(3)19-18(25-16)20-15(22)10-21-11(2)9-13-7-5-6-8-14(13)21/h5-8,11H,4,9-10H2,1-3H3,(H,19,20,22). The number of rotatable bonds is 5. The molecule has 3 rings (SSSR count). The van der Waals surface area contributed by atoms with E-state index in [-0.39, 0.29) is 18.5 Å². The van der Waals surface area contributed by atoms with E-state index in [2.05, 4.69) is 28.2 Å². The van der Waals surface area contributed by atoms with Crippen molar-refractivity contribution >= 4 is 34.0 Å². The van der Waals surface area contributed by atoms with E-state index in [9.17, 15) is 9.59 Å². The van der Waals surface area contributed by atoms with Gasteiger partial charge in [-0.05, 0) is 38.8 Å². The number of hydrogen-bond donors (Lipinski definition) is 1. The van der Waals surface area contributed by atoms with Gasteiger partial charge in [-0.3, -0.25) is 4.79 Å². The van der Waals surface area contributed by atoms with Crippen molar-refractivity contribution in [3.63, 3.8) is 0 Å². The van der Waals surface area contributed by atoms with Crippen LogP contribution in [0.2, 0.25) is 0 Å². The Kier molecular flexibility index (Phi) is 5.03. The van der Waals surface area contributed by atoms with Crippen molar-refractivity contribution in [2.75, 3.05) is 23.4 Å². The van der Waals surface area contributed by atoms with Crippen LogP contribution in [-0.4, -0.2) is 36.1 Å². The Morgan fingerprint density at radius 2 is 2.16 bits per heavy atom. The summed E-state index contributed by atoms with van der Waals surface area (Å²) in [5.74, 6) is -0.548. The summed E-state index contributed by atoms with van der Waals surface area (Å²) in [5, 5.41) is 3.22. The third kappa shape index (κ3) is 3.66. The lowest BCUT2D eigenvalue weighted by molar-refractivity contribution is -0.115. The second-order valence-electron chi connectivity index (χ2n) is 6.01. The zero-order valence-electron chi connectivity index (χ0n) is 14.5. The molecule has 6 nitrogen and oxygen atoms in total. The predicted molar refractivity (Wildman–Crippen MR) is 98.4 cm³/mol. The molecule has 0 fully saturated rings. The SMILES string of the molecule is CCOC(=O)c1sc(NC(=O)CN2c3ccccc3CC2C)nc1C. The monoisotopic (exact) mass is 359 g/mol. The van der Waals surface area contributed by atoms with Crippen LogP contribution >= 0.6 is 11.3 Å². The van der Waals surface area contributed by atoms with E-state index in [0.29, 0.717) is 22.3 Å². The number of fused-ring (bicyclic) bond motifs is 1. The number of carbonyl (C=O) groups is 2. The summed E-state index contributed by atoms with van der Waals surface area (Å²) in [4.78, 5) is 31.1. The molecular formula is C18H21N3O3S. The molecule has 0 spiro atoms. The molecule has 0 bridgehead atoms. The fourth-order valence-corrected chi connectivity index (χ4v) is 3.90. The highest BCUT2D eigenvalue weighted by Gasteiger charge is 2.27. The topological polar surface area (TPSA) is 71.5 Å². The molecule has 1 atom stereocenters. The quantitative estimate of drug-likeness (QED) is 0.831. The average Bonchev–Trinajstić information content (AvgIpc) is 3.08. The lowest BCUT2D eigenvalue weighted by atomic mass is 10.1. The number of benzene rings is 1. The van der Waals surface area contributed by atoms with Crippen molar-refractivity contribution in [1.82, 2.24) is 4.98 Å². The Morgan fingerprint density at radius 3 is 2.92 bits per heavy atom. The molecule has 1 aromatic carbocycles. The van der Waals surface area contributed by atoms with Gasteiger partial charge in [-0.15, -0.1) is 0 Å². The number of anilines is 2. The van der Waals surface area contributed by atoms with E-state index in [1.54, 1.807) is 13.8 Å². The van der Waals surface area contributed by atoms with Gasteiger partial charge in [-0.2, -0.15) is 0 Å². The van der Waals surface area contributed by atoms with E-state index >= 15 is 0 Å². The van der Waals surface area contributed by atoms with Crippen LogP contribution in [0.25, 0.3) is 0 Å². The molecule has 1 amide bonds. The lowest BCUT2D eigenvalue weighted by Crippen LogP contribution is -2.37. The number of aryl methyl sites for hydroxylation is 1. The first-order chi connectivity index (χ1) is 12.0. The second kappa shape index (κ2) is 7.23. The largest absolute Gasteiger partial charge is 0.462 e. The van der Waals surface area contributed by atoms with Crippen LogP contribution in [0, 0.1) is 6.92 Å². The number of aromatic nitrogens is 1. The molecule has 0 aliphatic carbocycles. The number of hydrogen-bond acceptors (Lipinski definition) is 6. The molecule has 0 saturated heterocycles. The average molecular weight is 359 g/mol. The van der Waals surface area contributed by atoms with Gasteiger partial charge in [-0.25, -0.2) is 9.78 Å². The summed E-state index contributed by atoms with van der Waals surface area (Å²) in [6.07, 6.45) is 0.937. The van der Waals surface area contributed by atoms with E-state index in [1.807, 2.05) is 18.2 Å². The van der Waals surface area contributed by atoms with Crippen LogP contribution in [0.15, 0.2) is 24.3 Å². The summed E-state index contributed by atoms with van der Waals surface area (Å²) < 4.78 is 5.00. The molecule has 132 valence electrons. The first kappa shape index (κ1) is 17.4. The summed E-state index contributed by atoms with van der Waals surface area (Å²) in [6.45, 7) is 6.17. The number of nitrogens with zero attached hydrogens (tertiary/aromatic N) is 2. The molecule has 2 heterocycles. The predicted octanol–water partition coefficient (Wildman–Crippen LogP) is 3.02. The third-order valence-corrected chi connectivity index (χ3v) is 5.22. The minimum atomic E-state index is -0.403. The number of para-hydroxylation sites is 1. The second-order valence-corrected chi connectivity index (χ2v) is 7.01.